The summed E-state index contributed by atoms with van der Waals surface area (Å²) in [6, 6.07) is 5.61. The summed E-state index contributed by atoms with van der Waals surface area (Å²) in [6.45, 7) is 2.85. The Hall–Kier alpha value is -1.78. The Morgan fingerprint density at radius 2 is 2.19 bits per heavy atom. The van der Waals surface area contributed by atoms with Crippen LogP contribution in [0.4, 0.5) is 0 Å². The van der Waals surface area contributed by atoms with Gasteiger partial charge in [0.2, 0.25) is 0 Å². The molecule has 0 heterocycles. The van der Waals surface area contributed by atoms with Gasteiger partial charge in [-0.25, -0.2) is 0 Å². The Bertz CT molecular complexity index is 529. The van der Waals surface area contributed by atoms with Crippen LogP contribution in [-0.4, -0.2) is 32.7 Å². The highest BCUT2D eigenvalue weighted by atomic mass is 79.9. The Kier molecular flexibility index (Phi) is 7.58. The van der Waals surface area contributed by atoms with Gasteiger partial charge in [0, 0.05) is 6.54 Å². The van der Waals surface area contributed by atoms with Crippen molar-refractivity contribution in [2.24, 2.45) is 0 Å². The van der Waals surface area contributed by atoms with Crippen LogP contribution >= 0.6 is 15.9 Å². The molecule has 0 saturated carbocycles. The fourth-order valence-electron chi connectivity index (χ4n) is 1.66. The molecule has 1 aromatic rings. The molecule has 0 unspecified atom stereocenters. The number of benzene rings is 1. The third-order valence-corrected chi connectivity index (χ3v) is 3.05. The summed E-state index contributed by atoms with van der Waals surface area (Å²) in [4.78, 5) is 11.5. The third kappa shape index (κ3) is 5.61. The highest BCUT2D eigenvalue weighted by Gasteiger charge is 2.13. The number of rotatable bonds is 8. The van der Waals surface area contributed by atoms with E-state index >= 15 is 0 Å². The average molecular weight is 356 g/mol. The van der Waals surface area contributed by atoms with Gasteiger partial charge in [-0.15, -0.1) is 0 Å². The minimum absolute atomic E-state index is 0.0389. The molecule has 6 nitrogen and oxygen atoms in total. The number of amides is 1. The first-order valence-electron chi connectivity index (χ1n) is 6.48. The van der Waals surface area contributed by atoms with E-state index in [1.807, 2.05) is 32.2 Å². The van der Waals surface area contributed by atoms with Crippen molar-refractivity contribution >= 4 is 21.8 Å². The molecule has 114 valence electrons. The molecule has 0 spiro atoms. The standard InChI is InChI=1S/C14H18BrN3O3/c1-3-20-12-7-10(8-17-2)6-11(15)14(12)21-9-13(19)18-5-4-16/h6-7,17H,3,5,8-9H2,1-2H3,(H,18,19). The van der Waals surface area contributed by atoms with Crippen LogP contribution in [0.25, 0.3) is 0 Å². The van der Waals surface area contributed by atoms with Crippen molar-refractivity contribution < 1.29 is 14.3 Å². The molecule has 0 aliphatic rings. The summed E-state index contributed by atoms with van der Waals surface area (Å²) in [5.41, 5.74) is 1.04. The lowest BCUT2D eigenvalue weighted by atomic mass is 10.2. The van der Waals surface area contributed by atoms with Crippen LogP contribution < -0.4 is 20.1 Å². The number of nitrogens with zero attached hydrogens (tertiary/aromatic N) is 1. The van der Waals surface area contributed by atoms with Gasteiger partial charge in [0.05, 0.1) is 17.1 Å². The highest BCUT2D eigenvalue weighted by Crippen LogP contribution is 2.36. The summed E-state index contributed by atoms with van der Waals surface area (Å²) >= 11 is 3.42. The molecule has 21 heavy (non-hydrogen) atoms. The normalized spacial score (nSPS) is 9.81. The molecule has 0 bridgehead atoms. The molecule has 2 N–H and O–H groups in total. The number of nitrogens with one attached hydrogen (secondary N) is 2. The predicted octanol–water partition coefficient (Wildman–Crippen LogP) is 1.59. The molecule has 1 aromatic carbocycles. The van der Waals surface area contributed by atoms with Gasteiger partial charge in [-0.2, -0.15) is 5.26 Å². The van der Waals surface area contributed by atoms with Crippen LogP contribution in [0, 0.1) is 11.3 Å². The maximum Gasteiger partial charge on any atom is 0.258 e. The molecule has 0 aliphatic carbocycles. The first kappa shape index (κ1) is 17.3. The number of ether oxygens (including phenoxy) is 2. The number of nitriles is 1. The van der Waals surface area contributed by atoms with Gasteiger partial charge in [-0.05, 0) is 47.6 Å². The van der Waals surface area contributed by atoms with E-state index < -0.39 is 0 Å². The number of hydrogen-bond acceptors (Lipinski definition) is 5. The second kappa shape index (κ2) is 9.21. The third-order valence-electron chi connectivity index (χ3n) is 2.46. The second-order valence-corrected chi connectivity index (χ2v) is 4.95. The molecule has 1 rings (SSSR count). The largest absolute Gasteiger partial charge is 0.490 e. The zero-order valence-electron chi connectivity index (χ0n) is 12.0. The average Bonchev–Trinajstić information content (AvgIpc) is 2.45. The van der Waals surface area contributed by atoms with Crippen LogP contribution in [0.2, 0.25) is 0 Å². The van der Waals surface area contributed by atoms with Crippen molar-refractivity contribution in [3.05, 3.63) is 22.2 Å². The van der Waals surface area contributed by atoms with Crippen molar-refractivity contribution in [2.45, 2.75) is 13.5 Å². The van der Waals surface area contributed by atoms with E-state index in [1.165, 1.54) is 0 Å². The Labute approximate surface area is 132 Å². The summed E-state index contributed by atoms with van der Waals surface area (Å²) in [6.07, 6.45) is 0. The van der Waals surface area contributed by atoms with Crippen molar-refractivity contribution in [3.63, 3.8) is 0 Å². The number of carbonyl (C=O) groups excluding carboxylic acids is 1. The SMILES string of the molecule is CCOc1cc(CNC)cc(Br)c1OCC(=O)NCC#N. The highest BCUT2D eigenvalue weighted by molar-refractivity contribution is 9.10. The fourth-order valence-corrected chi connectivity index (χ4v) is 2.26. The molecule has 0 aromatic heterocycles. The minimum Gasteiger partial charge on any atom is -0.490 e. The first-order chi connectivity index (χ1) is 10.1. The molecule has 0 saturated heterocycles. The Balaban J connectivity index is 2.84. The van der Waals surface area contributed by atoms with Crippen LogP contribution in [0.1, 0.15) is 12.5 Å². The van der Waals surface area contributed by atoms with Gasteiger partial charge in [0.1, 0.15) is 6.54 Å². The zero-order valence-corrected chi connectivity index (χ0v) is 13.6. The summed E-state index contributed by atoms with van der Waals surface area (Å²) < 4.78 is 11.8. The predicted molar refractivity (Wildman–Crippen MR) is 82.2 cm³/mol. The maximum atomic E-state index is 11.5. The Morgan fingerprint density at radius 1 is 1.43 bits per heavy atom. The van der Waals surface area contributed by atoms with Gasteiger partial charge in [-0.1, -0.05) is 0 Å². The lowest BCUT2D eigenvalue weighted by Gasteiger charge is -2.15. The van der Waals surface area contributed by atoms with E-state index in [1.54, 1.807) is 0 Å². The van der Waals surface area contributed by atoms with Crippen molar-refractivity contribution in [3.8, 4) is 17.6 Å². The van der Waals surface area contributed by atoms with Crippen molar-refractivity contribution in [2.75, 3.05) is 26.8 Å². The van der Waals surface area contributed by atoms with E-state index in [9.17, 15) is 4.79 Å². The van der Waals surface area contributed by atoms with Crippen molar-refractivity contribution in [1.29, 1.82) is 5.26 Å². The quantitative estimate of drug-likeness (QED) is 0.691. The van der Waals surface area contributed by atoms with E-state index in [2.05, 4.69) is 26.6 Å². The van der Waals surface area contributed by atoms with Crippen LogP contribution in [-0.2, 0) is 11.3 Å². The molecule has 7 heteroatoms. The monoisotopic (exact) mass is 355 g/mol. The molecule has 0 aliphatic heterocycles. The van der Waals surface area contributed by atoms with E-state index in [-0.39, 0.29) is 19.1 Å². The molecule has 0 fully saturated rings. The van der Waals surface area contributed by atoms with Crippen LogP contribution in [0.5, 0.6) is 11.5 Å². The van der Waals surface area contributed by atoms with E-state index in [0.29, 0.717) is 29.1 Å². The van der Waals surface area contributed by atoms with Crippen LogP contribution in [0.3, 0.4) is 0 Å². The summed E-state index contributed by atoms with van der Waals surface area (Å²) in [5, 5.41) is 13.9. The van der Waals surface area contributed by atoms with E-state index in [4.69, 9.17) is 14.7 Å². The smallest absolute Gasteiger partial charge is 0.258 e. The molecular formula is C14H18BrN3O3. The Morgan fingerprint density at radius 3 is 2.81 bits per heavy atom. The lowest BCUT2D eigenvalue weighted by molar-refractivity contribution is -0.122. The van der Waals surface area contributed by atoms with Gasteiger partial charge in [-0.3, -0.25) is 4.79 Å². The summed E-state index contributed by atoms with van der Waals surface area (Å²) in [5.74, 6) is 0.694. The fraction of sp³-hybridized carbons (Fsp3) is 0.429. The van der Waals surface area contributed by atoms with Gasteiger partial charge >= 0.3 is 0 Å². The maximum absolute atomic E-state index is 11.5. The minimum atomic E-state index is -0.356. The van der Waals surface area contributed by atoms with E-state index in [0.717, 1.165) is 5.56 Å². The lowest BCUT2D eigenvalue weighted by Crippen LogP contribution is -2.29. The molecular weight excluding hydrogens is 338 g/mol. The first-order valence-corrected chi connectivity index (χ1v) is 7.27. The van der Waals surface area contributed by atoms with Gasteiger partial charge in [0.15, 0.2) is 18.1 Å². The van der Waals surface area contributed by atoms with Crippen molar-refractivity contribution in [1.82, 2.24) is 10.6 Å². The zero-order chi connectivity index (χ0) is 15.7. The molecule has 0 atom stereocenters. The molecule has 1 amide bonds. The summed E-state index contributed by atoms with van der Waals surface area (Å²) in [7, 11) is 1.86. The number of halogens is 1. The van der Waals surface area contributed by atoms with Gasteiger partial charge in [0.25, 0.3) is 5.91 Å². The van der Waals surface area contributed by atoms with Gasteiger partial charge < -0.3 is 20.1 Å². The topological polar surface area (TPSA) is 83.4 Å². The number of hydrogen-bond donors (Lipinski definition) is 2. The van der Waals surface area contributed by atoms with Crippen LogP contribution in [0.15, 0.2) is 16.6 Å². The number of carbonyl (C=O) groups is 1. The molecule has 0 radical (unpaired) electrons. The second-order valence-electron chi connectivity index (χ2n) is 4.09.